The molecule has 1 rings (SSSR count). The van der Waals surface area contributed by atoms with Crippen LogP contribution in [0.5, 0.6) is 0 Å². The largest absolute Gasteiger partial charge is 0.382 e. The molecule has 1 atom stereocenters. The van der Waals surface area contributed by atoms with Gasteiger partial charge in [-0.1, -0.05) is 32.6 Å². The summed E-state index contributed by atoms with van der Waals surface area (Å²) < 4.78 is 1.04. The minimum atomic E-state index is 0.524. The van der Waals surface area contributed by atoms with E-state index in [1.54, 1.807) is 0 Å². The number of rotatable bonds is 7. The van der Waals surface area contributed by atoms with E-state index in [4.69, 9.17) is 0 Å². The van der Waals surface area contributed by atoms with Crippen molar-refractivity contribution in [3.05, 3.63) is 22.9 Å². The van der Waals surface area contributed by atoms with Crippen LogP contribution in [0.3, 0.4) is 0 Å². The molecule has 0 saturated carbocycles. The first kappa shape index (κ1) is 13.5. The van der Waals surface area contributed by atoms with E-state index in [1.165, 1.54) is 32.1 Å². The maximum atomic E-state index is 4.05. The second-order valence-corrected chi connectivity index (χ2v) is 5.10. The standard InChI is InChI=1S/C13H21BrN2/c1-3-4-5-6-7-11(2)16-13-8-9-15-10-12(13)14/h8-11H,3-7H2,1-2H3,(H,15,16). The van der Waals surface area contributed by atoms with Gasteiger partial charge in [-0.2, -0.15) is 0 Å². The fourth-order valence-corrected chi connectivity index (χ4v) is 2.07. The number of anilines is 1. The first-order valence-electron chi connectivity index (χ1n) is 6.10. The zero-order chi connectivity index (χ0) is 11.8. The lowest BCUT2D eigenvalue weighted by Gasteiger charge is -2.15. The Morgan fingerprint density at radius 1 is 1.38 bits per heavy atom. The van der Waals surface area contributed by atoms with Crippen LogP contribution in [0.2, 0.25) is 0 Å². The Kier molecular flexibility index (Phi) is 6.46. The van der Waals surface area contributed by atoms with Crippen molar-refractivity contribution >= 4 is 21.6 Å². The van der Waals surface area contributed by atoms with Crippen LogP contribution in [0.4, 0.5) is 5.69 Å². The molecule has 2 nitrogen and oxygen atoms in total. The number of nitrogens with zero attached hydrogens (tertiary/aromatic N) is 1. The second-order valence-electron chi connectivity index (χ2n) is 4.25. The maximum Gasteiger partial charge on any atom is 0.0590 e. The zero-order valence-electron chi connectivity index (χ0n) is 10.2. The number of halogens is 1. The third kappa shape index (κ3) is 4.97. The molecule has 0 spiro atoms. The lowest BCUT2D eigenvalue weighted by Crippen LogP contribution is -2.15. The van der Waals surface area contributed by atoms with Gasteiger partial charge in [0.2, 0.25) is 0 Å². The fraction of sp³-hybridized carbons (Fsp3) is 0.615. The van der Waals surface area contributed by atoms with Gasteiger partial charge in [0, 0.05) is 18.4 Å². The molecule has 0 aliphatic heterocycles. The molecule has 0 aliphatic carbocycles. The van der Waals surface area contributed by atoms with E-state index in [9.17, 15) is 0 Å². The Labute approximate surface area is 107 Å². The molecule has 1 unspecified atom stereocenters. The Hall–Kier alpha value is -0.570. The molecule has 1 aromatic rings. The van der Waals surface area contributed by atoms with Gasteiger partial charge in [0.15, 0.2) is 0 Å². The van der Waals surface area contributed by atoms with Crippen molar-refractivity contribution in [3.63, 3.8) is 0 Å². The van der Waals surface area contributed by atoms with E-state index in [0.29, 0.717) is 6.04 Å². The smallest absolute Gasteiger partial charge is 0.0590 e. The molecule has 1 N–H and O–H groups in total. The minimum absolute atomic E-state index is 0.524. The molecule has 0 radical (unpaired) electrons. The molecular formula is C13H21BrN2. The average Bonchev–Trinajstić information content (AvgIpc) is 2.28. The highest BCUT2D eigenvalue weighted by molar-refractivity contribution is 9.10. The summed E-state index contributed by atoms with van der Waals surface area (Å²) in [5, 5.41) is 3.50. The van der Waals surface area contributed by atoms with Crippen molar-refractivity contribution < 1.29 is 0 Å². The number of unbranched alkanes of at least 4 members (excludes halogenated alkanes) is 3. The summed E-state index contributed by atoms with van der Waals surface area (Å²) in [6, 6.07) is 2.53. The maximum absolute atomic E-state index is 4.05. The monoisotopic (exact) mass is 284 g/mol. The predicted molar refractivity (Wildman–Crippen MR) is 73.8 cm³/mol. The molecule has 0 aliphatic rings. The van der Waals surface area contributed by atoms with Crippen LogP contribution >= 0.6 is 15.9 Å². The van der Waals surface area contributed by atoms with Gasteiger partial charge in [0.25, 0.3) is 0 Å². The highest BCUT2D eigenvalue weighted by Gasteiger charge is 2.04. The summed E-state index contributed by atoms with van der Waals surface area (Å²) in [5.41, 5.74) is 1.14. The van der Waals surface area contributed by atoms with Crippen molar-refractivity contribution in [2.45, 2.75) is 52.0 Å². The molecule has 0 amide bonds. The van der Waals surface area contributed by atoms with Gasteiger partial charge >= 0.3 is 0 Å². The Balaban J connectivity index is 2.28. The molecule has 16 heavy (non-hydrogen) atoms. The predicted octanol–water partition coefficient (Wildman–Crippen LogP) is 4.61. The van der Waals surface area contributed by atoms with Crippen molar-refractivity contribution in [1.82, 2.24) is 4.98 Å². The molecule has 1 heterocycles. The molecule has 0 fully saturated rings. The van der Waals surface area contributed by atoms with Gasteiger partial charge in [0.1, 0.15) is 0 Å². The SMILES string of the molecule is CCCCCCC(C)Nc1ccncc1Br. The Bertz CT molecular complexity index is 302. The summed E-state index contributed by atoms with van der Waals surface area (Å²) in [6.07, 6.45) is 10.2. The fourth-order valence-electron chi connectivity index (χ4n) is 1.71. The highest BCUT2D eigenvalue weighted by Crippen LogP contribution is 2.21. The van der Waals surface area contributed by atoms with Crippen molar-refractivity contribution in [3.8, 4) is 0 Å². The van der Waals surface area contributed by atoms with Crippen molar-refractivity contribution in [2.24, 2.45) is 0 Å². The van der Waals surface area contributed by atoms with Crippen molar-refractivity contribution in [2.75, 3.05) is 5.32 Å². The van der Waals surface area contributed by atoms with Gasteiger partial charge in [-0.3, -0.25) is 4.98 Å². The van der Waals surface area contributed by atoms with Crippen LogP contribution in [-0.2, 0) is 0 Å². The third-order valence-corrected chi connectivity index (χ3v) is 3.30. The van der Waals surface area contributed by atoms with Crippen LogP contribution in [0.1, 0.15) is 46.0 Å². The number of hydrogen-bond acceptors (Lipinski definition) is 2. The summed E-state index contributed by atoms with van der Waals surface area (Å²) in [4.78, 5) is 4.05. The third-order valence-electron chi connectivity index (χ3n) is 2.67. The Morgan fingerprint density at radius 2 is 2.19 bits per heavy atom. The van der Waals surface area contributed by atoms with Gasteiger partial charge in [-0.25, -0.2) is 0 Å². The van der Waals surface area contributed by atoms with E-state index in [2.05, 4.69) is 40.1 Å². The van der Waals surface area contributed by atoms with Gasteiger partial charge in [-0.05, 0) is 35.3 Å². The summed E-state index contributed by atoms with van der Waals surface area (Å²) >= 11 is 3.49. The quantitative estimate of drug-likeness (QED) is 0.740. The van der Waals surface area contributed by atoms with Crippen LogP contribution < -0.4 is 5.32 Å². The summed E-state index contributed by atoms with van der Waals surface area (Å²) in [6.45, 7) is 4.48. The van der Waals surface area contributed by atoms with Crippen LogP contribution in [0.25, 0.3) is 0 Å². The lowest BCUT2D eigenvalue weighted by molar-refractivity contribution is 0.594. The average molecular weight is 285 g/mol. The number of pyridine rings is 1. The lowest BCUT2D eigenvalue weighted by atomic mass is 10.1. The van der Waals surface area contributed by atoms with E-state index < -0.39 is 0 Å². The van der Waals surface area contributed by atoms with Crippen LogP contribution in [-0.4, -0.2) is 11.0 Å². The number of nitrogens with one attached hydrogen (secondary N) is 1. The summed E-state index contributed by atoms with van der Waals surface area (Å²) in [5.74, 6) is 0. The topological polar surface area (TPSA) is 24.9 Å². The Morgan fingerprint density at radius 3 is 2.88 bits per heavy atom. The number of aromatic nitrogens is 1. The second kappa shape index (κ2) is 7.66. The molecule has 0 aromatic carbocycles. The van der Waals surface area contributed by atoms with E-state index in [0.717, 1.165) is 10.2 Å². The number of hydrogen-bond donors (Lipinski definition) is 1. The van der Waals surface area contributed by atoms with E-state index in [1.807, 2.05) is 18.5 Å². The molecule has 1 aromatic heterocycles. The molecule has 0 saturated heterocycles. The van der Waals surface area contributed by atoms with Crippen molar-refractivity contribution in [1.29, 1.82) is 0 Å². The summed E-state index contributed by atoms with van der Waals surface area (Å²) in [7, 11) is 0. The molecular weight excluding hydrogens is 264 g/mol. The first-order valence-corrected chi connectivity index (χ1v) is 6.89. The minimum Gasteiger partial charge on any atom is -0.382 e. The molecule has 0 bridgehead atoms. The van der Waals surface area contributed by atoms with E-state index >= 15 is 0 Å². The van der Waals surface area contributed by atoms with Gasteiger partial charge < -0.3 is 5.32 Å². The first-order chi connectivity index (χ1) is 7.74. The molecule has 3 heteroatoms. The van der Waals surface area contributed by atoms with Gasteiger partial charge in [-0.15, -0.1) is 0 Å². The van der Waals surface area contributed by atoms with Crippen LogP contribution in [0, 0.1) is 0 Å². The zero-order valence-corrected chi connectivity index (χ0v) is 11.8. The highest BCUT2D eigenvalue weighted by atomic mass is 79.9. The van der Waals surface area contributed by atoms with Crippen LogP contribution in [0.15, 0.2) is 22.9 Å². The van der Waals surface area contributed by atoms with Gasteiger partial charge in [0.05, 0.1) is 10.2 Å². The normalized spacial score (nSPS) is 12.4. The molecule has 90 valence electrons. The van der Waals surface area contributed by atoms with E-state index in [-0.39, 0.29) is 0 Å².